The van der Waals surface area contributed by atoms with Crippen molar-refractivity contribution in [3.63, 3.8) is 0 Å². The second-order valence-electron chi connectivity index (χ2n) is 3.79. The number of ether oxygens (including phenoxy) is 1. The van der Waals surface area contributed by atoms with Gasteiger partial charge in [-0.25, -0.2) is 4.79 Å². The Morgan fingerprint density at radius 1 is 1.44 bits per heavy atom. The summed E-state index contributed by atoms with van der Waals surface area (Å²) in [6.07, 6.45) is 1.06. The minimum absolute atomic E-state index is 0.0436. The lowest BCUT2D eigenvalue weighted by atomic mass is 10.2. The van der Waals surface area contributed by atoms with Crippen LogP contribution in [0.2, 0.25) is 0 Å². The summed E-state index contributed by atoms with van der Waals surface area (Å²) in [7, 11) is 0. The highest BCUT2D eigenvalue weighted by molar-refractivity contribution is 8.06. The van der Waals surface area contributed by atoms with Crippen LogP contribution in [0.1, 0.15) is 42.0 Å². The Labute approximate surface area is 114 Å². The fourth-order valence-corrected chi connectivity index (χ4v) is 4.75. The van der Waals surface area contributed by atoms with Gasteiger partial charge in [0, 0.05) is 16.8 Å². The number of hydrogen-bond donors (Lipinski definition) is 0. The van der Waals surface area contributed by atoms with E-state index >= 15 is 0 Å². The molecule has 0 aliphatic carbocycles. The Morgan fingerprint density at radius 2 is 2.22 bits per heavy atom. The highest BCUT2D eigenvalue weighted by atomic mass is 32.2. The van der Waals surface area contributed by atoms with Gasteiger partial charge in [0.25, 0.3) is 0 Å². The molecule has 2 unspecified atom stereocenters. The summed E-state index contributed by atoms with van der Waals surface area (Å²) >= 11 is 3.76. The molecule has 0 amide bonds. The van der Waals surface area contributed by atoms with E-state index in [0.29, 0.717) is 17.7 Å². The first-order valence-electron chi connectivity index (χ1n) is 6.00. The molecule has 2 atom stereocenters. The minimum Gasteiger partial charge on any atom is -0.459 e. The lowest BCUT2D eigenvalue weighted by Gasteiger charge is -2.27. The van der Waals surface area contributed by atoms with Crippen LogP contribution in [0.5, 0.6) is 0 Å². The fraction of sp³-hybridized carbons (Fsp3) is 0.727. The SMILES string of the molecule is CCOC(=O)c1nc(C2SCCSC2CC)no1. The molecule has 0 aromatic carbocycles. The number of thioether (sulfide) groups is 2. The van der Waals surface area contributed by atoms with Crippen molar-refractivity contribution in [3.05, 3.63) is 11.7 Å². The van der Waals surface area contributed by atoms with Gasteiger partial charge in [-0.2, -0.15) is 16.7 Å². The molecule has 0 saturated carbocycles. The van der Waals surface area contributed by atoms with Gasteiger partial charge in [0.2, 0.25) is 0 Å². The number of hydrogen-bond acceptors (Lipinski definition) is 7. The summed E-state index contributed by atoms with van der Waals surface area (Å²) < 4.78 is 9.80. The molecule has 0 bridgehead atoms. The zero-order chi connectivity index (χ0) is 13.0. The van der Waals surface area contributed by atoms with Crippen molar-refractivity contribution >= 4 is 29.5 Å². The van der Waals surface area contributed by atoms with Crippen molar-refractivity contribution in [3.8, 4) is 0 Å². The quantitative estimate of drug-likeness (QED) is 0.789. The predicted octanol–water partition coefficient (Wildman–Crippen LogP) is 2.55. The molecule has 1 aliphatic rings. The fourth-order valence-electron chi connectivity index (χ4n) is 1.77. The van der Waals surface area contributed by atoms with E-state index in [0.717, 1.165) is 17.9 Å². The highest BCUT2D eigenvalue weighted by Crippen LogP contribution is 2.42. The van der Waals surface area contributed by atoms with Gasteiger partial charge in [0.15, 0.2) is 5.82 Å². The first-order valence-corrected chi connectivity index (χ1v) is 8.10. The smallest absolute Gasteiger partial charge is 0.397 e. The van der Waals surface area contributed by atoms with Crippen molar-refractivity contribution in [1.29, 1.82) is 0 Å². The van der Waals surface area contributed by atoms with Gasteiger partial charge in [0.05, 0.1) is 11.9 Å². The Kier molecular flexibility index (Phi) is 4.94. The van der Waals surface area contributed by atoms with Crippen LogP contribution in [0.4, 0.5) is 0 Å². The van der Waals surface area contributed by atoms with Crippen LogP contribution in [-0.4, -0.2) is 39.5 Å². The van der Waals surface area contributed by atoms with E-state index in [2.05, 4.69) is 17.1 Å². The summed E-state index contributed by atoms with van der Waals surface area (Å²) in [4.78, 5) is 15.6. The van der Waals surface area contributed by atoms with E-state index in [1.807, 2.05) is 23.5 Å². The molecule has 0 spiro atoms. The van der Waals surface area contributed by atoms with Crippen LogP contribution in [0.25, 0.3) is 0 Å². The monoisotopic (exact) mass is 288 g/mol. The molecule has 0 radical (unpaired) electrons. The average molecular weight is 288 g/mol. The highest BCUT2D eigenvalue weighted by Gasteiger charge is 2.31. The predicted molar refractivity (Wildman–Crippen MR) is 72.0 cm³/mol. The molecule has 1 aromatic heterocycles. The molecule has 1 fully saturated rings. The lowest BCUT2D eigenvalue weighted by Crippen LogP contribution is -2.19. The summed E-state index contributed by atoms with van der Waals surface area (Å²) in [5, 5.41) is 4.61. The van der Waals surface area contributed by atoms with Crippen molar-refractivity contribution in [2.24, 2.45) is 0 Å². The first-order chi connectivity index (χ1) is 8.76. The number of esters is 1. The van der Waals surface area contributed by atoms with Crippen molar-refractivity contribution in [2.75, 3.05) is 18.1 Å². The zero-order valence-electron chi connectivity index (χ0n) is 10.4. The molecular formula is C11H16N2O3S2. The Morgan fingerprint density at radius 3 is 2.94 bits per heavy atom. The normalized spacial score (nSPS) is 23.9. The molecule has 100 valence electrons. The molecule has 2 rings (SSSR count). The van der Waals surface area contributed by atoms with Crippen LogP contribution in [0, 0.1) is 0 Å². The zero-order valence-corrected chi connectivity index (χ0v) is 12.1. The number of aromatic nitrogens is 2. The van der Waals surface area contributed by atoms with Gasteiger partial charge in [0.1, 0.15) is 0 Å². The average Bonchev–Trinajstić information content (AvgIpc) is 2.88. The van der Waals surface area contributed by atoms with Crippen LogP contribution in [-0.2, 0) is 4.74 Å². The van der Waals surface area contributed by atoms with E-state index in [4.69, 9.17) is 9.26 Å². The van der Waals surface area contributed by atoms with Crippen LogP contribution in [0.3, 0.4) is 0 Å². The first kappa shape index (κ1) is 13.7. The maximum absolute atomic E-state index is 11.5. The van der Waals surface area contributed by atoms with Crippen molar-refractivity contribution in [1.82, 2.24) is 10.1 Å². The third kappa shape index (κ3) is 3.00. The van der Waals surface area contributed by atoms with Crippen LogP contribution in [0.15, 0.2) is 4.52 Å². The largest absolute Gasteiger partial charge is 0.459 e. The maximum atomic E-state index is 11.5. The third-order valence-corrected chi connectivity index (χ3v) is 5.84. The molecule has 0 N–H and O–H groups in total. The van der Waals surface area contributed by atoms with Gasteiger partial charge >= 0.3 is 11.9 Å². The topological polar surface area (TPSA) is 65.2 Å². The Bertz CT molecular complexity index is 411. The Balaban J connectivity index is 2.10. The molecular weight excluding hydrogens is 272 g/mol. The van der Waals surface area contributed by atoms with E-state index in [1.54, 1.807) is 6.92 Å². The number of nitrogens with zero attached hydrogens (tertiary/aromatic N) is 2. The van der Waals surface area contributed by atoms with Crippen LogP contribution < -0.4 is 0 Å². The minimum atomic E-state index is -0.544. The van der Waals surface area contributed by atoms with Crippen molar-refractivity contribution < 1.29 is 14.1 Å². The Hall–Kier alpha value is -0.690. The van der Waals surface area contributed by atoms with Crippen LogP contribution >= 0.6 is 23.5 Å². The number of carbonyl (C=O) groups excluding carboxylic acids is 1. The molecule has 1 saturated heterocycles. The number of carbonyl (C=O) groups is 1. The standard InChI is InChI=1S/C11H16N2O3S2/c1-3-7-8(18-6-5-17-7)9-12-10(16-13-9)11(14)15-4-2/h7-8H,3-6H2,1-2H3. The summed E-state index contributed by atoms with van der Waals surface area (Å²) in [6.45, 7) is 4.21. The molecule has 7 heteroatoms. The van der Waals surface area contributed by atoms with Gasteiger partial charge in [-0.05, 0) is 13.3 Å². The molecule has 5 nitrogen and oxygen atoms in total. The van der Waals surface area contributed by atoms with E-state index < -0.39 is 5.97 Å². The van der Waals surface area contributed by atoms with Crippen molar-refractivity contribution in [2.45, 2.75) is 30.8 Å². The molecule has 1 aromatic rings. The van der Waals surface area contributed by atoms with Gasteiger partial charge < -0.3 is 9.26 Å². The summed E-state index contributed by atoms with van der Waals surface area (Å²) in [6, 6.07) is 0. The number of rotatable bonds is 4. The van der Waals surface area contributed by atoms with Gasteiger partial charge in [-0.3, -0.25) is 0 Å². The summed E-state index contributed by atoms with van der Waals surface area (Å²) in [5.74, 6) is 2.26. The summed E-state index contributed by atoms with van der Waals surface area (Å²) in [5.41, 5.74) is 0. The molecule has 18 heavy (non-hydrogen) atoms. The van der Waals surface area contributed by atoms with E-state index in [9.17, 15) is 4.79 Å². The van der Waals surface area contributed by atoms with Gasteiger partial charge in [-0.15, -0.1) is 11.8 Å². The van der Waals surface area contributed by atoms with E-state index in [-0.39, 0.29) is 11.1 Å². The maximum Gasteiger partial charge on any atom is 0.397 e. The van der Waals surface area contributed by atoms with E-state index in [1.165, 1.54) is 0 Å². The second kappa shape index (κ2) is 6.47. The lowest BCUT2D eigenvalue weighted by molar-refractivity contribution is 0.0470. The molecule has 2 heterocycles. The third-order valence-electron chi connectivity index (χ3n) is 2.60. The second-order valence-corrected chi connectivity index (χ2v) is 6.38. The van der Waals surface area contributed by atoms with Gasteiger partial charge in [-0.1, -0.05) is 12.1 Å². The molecule has 1 aliphatic heterocycles.